The third-order valence-electron chi connectivity index (χ3n) is 2.51. The van der Waals surface area contributed by atoms with Crippen molar-refractivity contribution in [1.82, 2.24) is 5.32 Å². The highest BCUT2D eigenvalue weighted by atomic mass is 16.3. The van der Waals surface area contributed by atoms with Gasteiger partial charge in [-0.25, -0.2) is 0 Å². The SMILES string of the molecule is CC(=O)CNCCc1coc2ccccc12. The molecule has 3 nitrogen and oxygen atoms in total. The Bertz CT molecular complexity index is 487. The molecule has 3 heteroatoms. The summed E-state index contributed by atoms with van der Waals surface area (Å²) in [5.41, 5.74) is 2.11. The number of Topliss-reactive ketones (excluding diaryl/α,β-unsaturated/α-hetero) is 1. The van der Waals surface area contributed by atoms with E-state index < -0.39 is 0 Å². The molecule has 16 heavy (non-hydrogen) atoms. The minimum Gasteiger partial charge on any atom is -0.464 e. The summed E-state index contributed by atoms with van der Waals surface area (Å²) in [7, 11) is 0. The van der Waals surface area contributed by atoms with Gasteiger partial charge in [-0.05, 0) is 31.5 Å². The molecule has 1 N–H and O–H groups in total. The van der Waals surface area contributed by atoms with Crippen LogP contribution >= 0.6 is 0 Å². The van der Waals surface area contributed by atoms with Gasteiger partial charge in [0.05, 0.1) is 12.8 Å². The second-order valence-electron chi connectivity index (χ2n) is 3.89. The van der Waals surface area contributed by atoms with Gasteiger partial charge in [0.2, 0.25) is 0 Å². The van der Waals surface area contributed by atoms with Crippen molar-refractivity contribution in [2.75, 3.05) is 13.1 Å². The number of carbonyl (C=O) groups is 1. The van der Waals surface area contributed by atoms with E-state index in [1.807, 2.05) is 18.2 Å². The first-order valence-electron chi connectivity index (χ1n) is 5.42. The minimum absolute atomic E-state index is 0.164. The second-order valence-corrected chi connectivity index (χ2v) is 3.89. The van der Waals surface area contributed by atoms with Gasteiger partial charge in [-0.1, -0.05) is 18.2 Å². The zero-order valence-corrected chi connectivity index (χ0v) is 9.32. The lowest BCUT2D eigenvalue weighted by molar-refractivity contribution is -0.116. The molecule has 0 saturated heterocycles. The molecule has 0 spiro atoms. The lowest BCUT2D eigenvalue weighted by Gasteiger charge is -2.00. The first-order valence-corrected chi connectivity index (χ1v) is 5.42. The number of para-hydroxylation sites is 1. The van der Waals surface area contributed by atoms with Crippen LogP contribution in [0.15, 0.2) is 34.9 Å². The number of nitrogens with one attached hydrogen (secondary N) is 1. The third-order valence-corrected chi connectivity index (χ3v) is 2.51. The molecule has 0 atom stereocenters. The average molecular weight is 217 g/mol. The van der Waals surface area contributed by atoms with E-state index in [1.165, 1.54) is 5.56 Å². The van der Waals surface area contributed by atoms with E-state index in [0.29, 0.717) is 6.54 Å². The summed E-state index contributed by atoms with van der Waals surface area (Å²) in [5.74, 6) is 0.164. The van der Waals surface area contributed by atoms with E-state index in [9.17, 15) is 4.79 Å². The van der Waals surface area contributed by atoms with Gasteiger partial charge in [0, 0.05) is 5.39 Å². The standard InChI is InChI=1S/C13H15NO2/c1-10(15)8-14-7-6-11-9-16-13-5-3-2-4-12(11)13/h2-5,9,14H,6-8H2,1H3. The molecule has 1 aromatic heterocycles. The van der Waals surface area contributed by atoms with E-state index >= 15 is 0 Å². The molecule has 0 amide bonds. The summed E-state index contributed by atoms with van der Waals surface area (Å²) in [4.78, 5) is 10.7. The lowest BCUT2D eigenvalue weighted by Crippen LogP contribution is -2.23. The monoisotopic (exact) mass is 217 g/mol. The van der Waals surface area contributed by atoms with E-state index in [2.05, 4.69) is 11.4 Å². The highest BCUT2D eigenvalue weighted by Gasteiger charge is 2.04. The summed E-state index contributed by atoms with van der Waals surface area (Å²) in [5, 5.41) is 4.26. The second kappa shape index (κ2) is 4.94. The Balaban J connectivity index is 1.97. The van der Waals surface area contributed by atoms with Crippen LogP contribution in [0.5, 0.6) is 0 Å². The molecule has 2 aromatic rings. The molecule has 1 heterocycles. The smallest absolute Gasteiger partial charge is 0.143 e. The first-order chi connectivity index (χ1) is 7.77. The molecule has 0 aliphatic carbocycles. The predicted octanol–water partition coefficient (Wildman–Crippen LogP) is 2.15. The highest BCUT2D eigenvalue weighted by molar-refractivity contribution is 5.80. The van der Waals surface area contributed by atoms with Crippen molar-refractivity contribution >= 4 is 16.8 Å². The van der Waals surface area contributed by atoms with Crippen molar-refractivity contribution in [2.24, 2.45) is 0 Å². The van der Waals surface area contributed by atoms with Crippen LogP contribution in [-0.4, -0.2) is 18.9 Å². The van der Waals surface area contributed by atoms with E-state index in [-0.39, 0.29) is 5.78 Å². The molecule has 0 saturated carbocycles. The first kappa shape index (κ1) is 10.9. The number of furan rings is 1. The maximum Gasteiger partial charge on any atom is 0.143 e. The van der Waals surface area contributed by atoms with Gasteiger partial charge in [-0.3, -0.25) is 4.79 Å². The molecule has 0 radical (unpaired) electrons. The molecular formula is C13H15NO2. The number of hydrogen-bond acceptors (Lipinski definition) is 3. The molecule has 0 bridgehead atoms. The maximum atomic E-state index is 10.7. The van der Waals surface area contributed by atoms with Crippen LogP contribution in [0.4, 0.5) is 0 Å². The molecule has 0 fully saturated rings. The quantitative estimate of drug-likeness (QED) is 0.780. The summed E-state index contributed by atoms with van der Waals surface area (Å²) in [6, 6.07) is 7.98. The maximum absolute atomic E-state index is 10.7. The van der Waals surface area contributed by atoms with Gasteiger partial charge in [0.1, 0.15) is 11.4 Å². The molecule has 0 aliphatic rings. The Morgan fingerprint density at radius 1 is 1.38 bits per heavy atom. The van der Waals surface area contributed by atoms with Crippen LogP contribution in [0.3, 0.4) is 0 Å². The lowest BCUT2D eigenvalue weighted by atomic mass is 10.1. The third kappa shape index (κ3) is 2.49. The topological polar surface area (TPSA) is 42.2 Å². The van der Waals surface area contributed by atoms with Crippen molar-refractivity contribution in [1.29, 1.82) is 0 Å². The Kier molecular flexibility index (Phi) is 3.37. The highest BCUT2D eigenvalue weighted by Crippen LogP contribution is 2.20. The zero-order valence-electron chi connectivity index (χ0n) is 9.32. The van der Waals surface area contributed by atoms with Crippen LogP contribution in [0.2, 0.25) is 0 Å². The number of carbonyl (C=O) groups excluding carboxylic acids is 1. The normalized spacial score (nSPS) is 10.8. The van der Waals surface area contributed by atoms with Gasteiger partial charge < -0.3 is 9.73 Å². The molecule has 2 rings (SSSR count). The van der Waals surface area contributed by atoms with Crippen LogP contribution in [-0.2, 0) is 11.2 Å². The fourth-order valence-corrected chi connectivity index (χ4v) is 1.71. The molecular weight excluding hydrogens is 202 g/mol. The van der Waals surface area contributed by atoms with Gasteiger partial charge in [0.15, 0.2) is 0 Å². The summed E-state index contributed by atoms with van der Waals surface area (Å²) in [6.07, 6.45) is 2.67. The number of rotatable bonds is 5. The fourth-order valence-electron chi connectivity index (χ4n) is 1.71. The van der Waals surface area contributed by atoms with Crippen molar-refractivity contribution in [3.8, 4) is 0 Å². The van der Waals surface area contributed by atoms with E-state index in [0.717, 1.165) is 23.9 Å². The number of fused-ring (bicyclic) bond motifs is 1. The van der Waals surface area contributed by atoms with Crippen molar-refractivity contribution in [3.63, 3.8) is 0 Å². The minimum atomic E-state index is 0.164. The van der Waals surface area contributed by atoms with Crippen LogP contribution in [0.1, 0.15) is 12.5 Å². The van der Waals surface area contributed by atoms with Gasteiger partial charge in [-0.15, -0.1) is 0 Å². The van der Waals surface area contributed by atoms with Crippen molar-refractivity contribution in [2.45, 2.75) is 13.3 Å². The van der Waals surface area contributed by atoms with Crippen LogP contribution in [0, 0.1) is 0 Å². The Morgan fingerprint density at radius 3 is 3.00 bits per heavy atom. The molecule has 0 aliphatic heterocycles. The van der Waals surface area contributed by atoms with Gasteiger partial charge >= 0.3 is 0 Å². The molecule has 1 aromatic carbocycles. The van der Waals surface area contributed by atoms with E-state index in [4.69, 9.17) is 4.42 Å². The van der Waals surface area contributed by atoms with Crippen molar-refractivity contribution in [3.05, 3.63) is 36.1 Å². The molecule has 0 unspecified atom stereocenters. The Labute approximate surface area is 94.4 Å². The molecule has 84 valence electrons. The zero-order chi connectivity index (χ0) is 11.4. The predicted molar refractivity (Wildman–Crippen MR) is 63.5 cm³/mol. The summed E-state index contributed by atoms with van der Waals surface area (Å²) >= 11 is 0. The number of benzene rings is 1. The van der Waals surface area contributed by atoms with Crippen molar-refractivity contribution < 1.29 is 9.21 Å². The largest absolute Gasteiger partial charge is 0.464 e. The van der Waals surface area contributed by atoms with E-state index in [1.54, 1.807) is 13.2 Å². The summed E-state index contributed by atoms with van der Waals surface area (Å²) in [6.45, 7) is 2.82. The average Bonchev–Trinajstić information content (AvgIpc) is 2.68. The number of hydrogen-bond donors (Lipinski definition) is 1. The van der Waals surface area contributed by atoms with Crippen LogP contribution < -0.4 is 5.32 Å². The van der Waals surface area contributed by atoms with Gasteiger partial charge in [0.25, 0.3) is 0 Å². The fraction of sp³-hybridized carbons (Fsp3) is 0.308. The Hall–Kier alpha value is -1.61. The van der Waals surface area contributed by atoms with Gasteiger partial charge in [-0.2, -0.15) is 0 Å². The summed E-state index contributed by atoms with van der Waals surface area (Å²) < 4.78 is 5.43. The van der Waals surface area contributed by atoms with Crippen LogP contribution in [0.25, 0.3) is 11.0 Å². The Morgan fingerprint density at radius 2 is 2.19 bits per heavy atom. The number of ketones is 1.